The molecule has 14 heavy (non-hydrogen) atoms. The Morgan fingerprint density at radius 1 is 1.57 bits per heavy atom. The third kappa shape index (κ3) is 2.97. The first-order valence-electron chi connectivity index (χ1n) is 5.76. The van der Waals surface area contributed by atoms with E-state index < -0.39 is 0 Å². The largest absolute Gasteiger partial charge is 0.303 e. The van der Waals surface area contributed by atoms with E-state index in [0.29, 0.717) is 12.3 Å². The summed E-state index contributed by atoms with van der Waals surface area (Å²) in [4.78, 5) is 10.3. The lowest BCUT2D eigenvalue weighted by Gasteiger charge is -2.33. The Kier molecular flexibility index (Phi) is 4.37. The van der Waals surface area contributed by atoms with Crippen molar-refractivity contribution in [1.29, 1.82) is 0 Å². The monoisotopic (exact) mass is 194 g/mol. The molecule has 1 saturated carbocycles. The summed E-state index contributed by atoms with van der Waals surface area (Å²) in [5.41, 5.74) is 1.38. The molecule has 0 aromatic carbocycles. The lowest BCUT2D eigenvalue weighted by Crippen LogP contribution is -2.21. The van der Waals surface area contributed by atoms with E-state index in [-0.39, 0.29) is 0 Å². The fourth-order valence-electron chi connectivity index (χ4n) is 2.42. The molecule has 0 bridgehead atoms. The van der Waals surface area contributed by atoms with Gasteiger partial charge in [0.15, 0.2) is 0 Å². The number of carbonyl (C=O) groups excluding carboxylic acids is 1. The smallest absolute Gasteiger partial charge is 0.120 e. The molecule has 2 atom stereocenters. The summed E-state index contributed by atoms with van der Waals surface area (Å²) in [5, 5.41) is 0. The van der Waals surface area contributed by atoms with Gasteiger partial charge < -0.3 is 4.79 Å². The lowest BCUT2D eigenvalue weighted by molar-refractivity contribution is -0.108. The summed E-state index contributed by atoms with van der Waals surface area (Å²) in [7, 11) is 0. The van der Waals surface area contributed by atoms with Crippen LogP contribution in [0.3, 0.4) is 0 Å². The topological polar surface area (TPSA) is 17.1 Å². The fraction of sp³-hybridized carbons (Fsp3) is 0.769. The quantitative estimate of drug-likeness (QED) is 0.493. The zero-order valence-corrected chi connectivity index (χ0v) is 9.46. The van der Waals surface area contributed by atoms with Crippen molar-refractivity contribution < 1.29 is 4.79 Å². The molecule has 0 radical (unpaired) electrons. The number of aldehydes is 1. The average Bonchev–Trinajstić information content (AvgIpc) is 2.16. The van der Waals surface area contributed by atoms with E-state index in [1.807, 2.05) is 0 Å². The van der Waals surface area contributed by atoms with Crippen LogP contribution in [0.4, 0.5) is 0 Å². The van der Waals surface area contributed by atoms with Crippen LogP contribution in [-0.2, 0) is 4.79 Å². The van der Waals surface area contributed by atoms with Gasteiger partial charge in [-0.1, -0.05) is 26.0 Å². The highest BCUT2D eigenvalue weighted by molar-refractivity contribution is 5.49. The summed E-state index contributed by atoms with van der Waals surface area (Å²) in [6.45, 7) is 8.73. The van der Waals surface area contributed by atoms with Gasteiger partial charge in [-0.25, -0.2) is 0 Å². The molecule has 1 fully saturated rings. The minimum absolute atomic E-state index is 0.612. The molecule has 0 aromatic rings. The molecule has 0 aromatic heterocycles. The van der Waals surface area contributed by atoms with Gasteiger partial charge in [0.05, 0.1) is 0 Å². The minimum atomic E-state index is 0.612. The van der Waals surface area contributed by atoms with Gasteiger partial charge in [0, 0.05) is 6.42 Å². The normalized spacial score (nSPS) is 28.1. The van der Waals surface area contributed by atoms with Crippen molar-refractivity contribution in [3.63, 3.8) is 0 Å². The fourth-order valence-corrected chi connectivity index (χ4v) is 2.42. The van der Waals surface area contributed by atoms with Gasteiger partial charge in [-0.2, -0.15) is 0 Å². The Hall–Kier alpha value is -0.590. The summed E-state index contributed by atoms with van der Waals surface area (Å²) in [6, 6.07) is 0. The van der Waals surface area contributed by atoms with Crippen LogP contribution < -0.4 is 0 Å². The first kappa shape index (κ1) is 11.5. The van der Waals surface area contributed by atoms with Gasteiger partial charge in [-0.15, -0.1) is 0 Å². The number of allylic oxidation sites excluding steroid dienone is 1. The molecule has 0 saturated heterocycles. The molecule has 0 N–H and O–H groups in total. The van der Waals surface area contributed by atoms with Crippen molar-refractivity contribution in [3.8, 4) is 0 Å². The van der Waals surface area contributed by atoms with E-state index in [0.717, 1.165) is 24.5 Å². The van der Waals surface area contributed by atoms with Crippen LogP contribution >= 0.6 is 0 Å². The van der Waals surface area contributed by atoms with Gasteiger partial charge in [-0.3, -0.25) is 0 Å². The summed E-state index contributed by atoms with van der Waals surface area (Å²) < 4.78 is 0. The van der Waals surface area contributed by atoms with Crippen molar-refractivity contribution in [1.82, 2.24) is 0 Å². The van der Waals surface area contributed by atoms with Gasteiger partial charge in [0.1, 0.15) is 6.29 Å². The molecule has 1 heteroatoms. The molecule has 1 rings (SSSR count). The highest BCUT2D eigenvalue weighted by atomic mass is 16.1. The molecular formula is C13H22O. The predicted molar refractivity (Wildman–Crippen MR) is 60.1 cm³/mol. The van der Waals surface area contributed by atoms with Gasteiger partial charge in [0.25, 0.3) is 0 Å². The van der Waals surface area contributed by atoms with Crippen LogP contribution in [-0.4, -0.2) is 6.29 Å². The molecule has 80 valence electrons. The number of rotatable bonds is 4. The van der Waals surface area contributed by atoms with Crippen molar-refractivity contribution >= 4 is 6.29 Å². The zero-order chi connectivity index (χ0) is 10.6. The van der Waals surface area contributed by atoms with Crippen LogP contribution in [0.25, 0.3) is 0 Å². The Bertz CT molecular complexity index is 205. The Balaban J connectivity index is 2.46. The van der Waals surface area contributed by atoms with E-state index in [2.05, 4.69) is 20.4 Å². The zero-order valence-electron chi connectivity index (χ0n) is 9.46. The van der Waals surface area contributed by atoms with E-state index in [9.17, 15) is 4.79 Å². The third-order valence-electron chi connectivity index (χ3n) is 3.58. The average molecular weight is 194 g/mol. The highest BCUT2D eigenvalue weighted by Gasteiger charge is 2.25. The molecule has 0 aliphatic heterocycles. The maximum Gasteiger partial charge on any atom is 0.120 e. The number of hydrogen-bond donors (Lipinski definition) is 0. The second kappa shape index (κ2) is 5.33. The van der Waals surface area contributed by atoms with E-state index in [1.54, 1.807) is 0 Å². The Labute approximate surface area is 87.6 Å². The lowest BCUT2D eigenvalue weighted by atomic mass is 9.73. The van der Waals surface area contributed by atoms with Crippen LogP contribution in [0, 0.1) is 17.8 Å². The van der Waals surface area contributed by atoms with Crippen LogP contribution in [0.15, 0.2) is 12.2 Å². The maximum atomic E-state index is 10.3. The number of carbonyl (C=O) groups is 1. The molecule has 1 aliphatic rings. The second-order valence-electron chi connectivity index (χ2n) is 4.88. The minimum Gasteiger partial charge on any atom is -0.303 e. The Morgan fingerprint density at radius 3 is 2.86 bits per heavy atom. The second-order valence-corrected chi connectivity index (χ2v) is 4.88. The molecule has 2 unspecified atom stereocenters. The van der Waals surface area contributed by atoms with Crippen LogP contribution in [0.2, 0.25) is 0 Å². The molecule has 1 nitrogen and oxygen atoms in total. The molecule has 1 aliphatic carbocycles. The van der Waals surface area contributed by atoms with Gasteiger partial charge in [0.2, 0.25) is 0 Å². The standard InChI is InChI=1S/C13H22O/c1-10(2)12-7-6-11(3)13(9-12)5-4-8-14/h8,10,12-13H,3-7,9H2,1-2H3. The predicted octanol–water partition coefficient (Wildman–Crippen LogP) is 3.59. The van der Waals surface area contributed by atoms with E-state index in [1.165, 1.54) is 24.8 Å². The van der Waals surface area contributed by atoms with Crippen LogP contribution in [0.5, 0.6) is 0 Å². The molecular weight excluding hydrogens is 172 g/mol. The highest BCUT2D eigenvalue weighted by Crippen LogP contribution is 2.38. The Morgan fingerprint density at radius 2 is 2.29 bits per heavy atom. The van der Waals surface area contributed by atoms with E-state index in [4.69, 9.17) is 0 Å². The molecule has 0 spiro atoms. The van der Waals surface area contributed by atoms with Gasteiger partial charge >= 0.3 is 0 Å². The summed E-state index contributed by atoms with van der Waals surface area (Å²) >= 11 is 0. The third-order valence-corrected chi connectivity index (χ3v) is 3.58. The van der Waals surface area contributed by atoms with Gasteiger partial charge in [-0.05, 0) is 43.4 Å². The van der Waals surface area contributed by atoms with Crippen molar-refractivity contribution in [2.75, 3.05) is 0 Å². The first-order valence-corrected chi connectivity index (χ1v) is 5.76. The SMILES string of the molecule is C=C1CCC(C(C)C)CC1CCC=O. The van der Waals surface area contributed by atoms with Crippen molar-refractivity contribution in [2.24, 2.45) is 17.8 Å². The molecule has 0 amide bonds. The summed E-state index contributed by atoms with van der Waals surface area (Å²) in [5.74, 6) is 2.24. The summed E-state index contributed by atoms with van der Waals surface area (Å²) in [6.07, 6.45) is 6.48. The van der Waals surface area contributed by atoms with E-state index >= 15 is 0 Å². The molecule has 0 heterocycles. The van der Waals surface area contributed by atoms with Crippen LogP contribution in [0.1, 0.15) is 46.0 Å². The first-order chi connectivity index (χ1) is 6.65. The van der Waals surface area contributed by atoms with Crippen molar-refractivity contribution in [3.05, 3.63) is 12.2 Å². The maximum absolute atomic E-state index is 10.3. The number of hydrogen-bond acceptors (Lipinski definition) is 1. The van der Waals surface area contributed by atoms with Crippen molar-refractivity contribution in [2.45, 2.75) is 46.0 Å².